The zero-order valence-corrected chi connectivity index (χ0v) is 19.0. The van der Waals surface area contributed by atoms with Crippen LogP contribution in [0.25, 0.3) is 0 Å². The van der Waals surface area contributed by atoms with Gasteiger partial charge in [-0.15, -0.1) is 3.89 Å². The highest BCUT2D eigenvalue weighted by Gasteiger charge is 2.32. The van der Waals surface area contributed by atoms with Crippen LogP contribution in [0.15, 0.2) is 68.3 Å². The van der Waals surface area contributed by atoms with Crippen LogP contribution in [-0.4, -0.2) is 41.0 Å². The smallest absolute Gasteiger partial charge is 0.332 e. The van der Waals surface area contributed by atoms with E-state index in [1.807, 2.05) is 26.0 Å². The van der Waals surface area contributed by atoms with E-state index in [0.29, 0.717) is 6.42 Å². The average Bonchev–Trinajstić information content (AvgIpc) is 2.67. The minimum Gasteiger partial charge on any atom is -0.369 e. The molecule has 10 nitrogen and oxygen atoms in total. The fraction of sp³-hybridized carbons (Fsp3) is 0.263. The number of nitrogens with two attached hydrogens (primary N) is 2. The Morgan fingerprint density at radius 1 is 1.03 bits per heavy atom. The number of sulfonamides is 1. The Balaban J connectivity index is 1.67. The lowest BCUT2D eigenvalue weighted by molar-refractivity contribution is 0.533. The summed E-state index contributed by atoms with van der Waals surface area (Å²) in [5.74, 6) is 0.308. The molecule has 0 aromatic heterocycles. The highest BCUT2D eigenvalue weighted by molar-refractivity contribution is 7.89. The molecule has 0 fully saturated rings. The molecule has 0 saturated heterocycles. The topological polar surface area (TPSA) is 160 Å². The van der Waals surface area contributed by atoms with Crippen LogP contribution in [-0.2, 0) is 26.7 Å². The molecule has 0 atom stereocenters. The Kier molecular flexibility index (Phi) is 6.26. The number of hydrogen-bond acceptors (Lipinski definition) is 9. The second-order valence-electron chi connectivity index (χ2n) is 7.50. The normalized spacial score (nSPS) is 16.4. The third-order valence-electron chi connectivity index (χ3n) is 4.69. The Morgan fingerprint density at radius 3 is 2.25 bits per heavy atom. The summed E-state index contributed by atoms with van der Waals surface area (Å²) in [6.45, 7) is 3.73. The molecule has 3 rings (SSSR count). The first-order valence-corrected chi connectivity index (χ1v) is 12.3. The van der Waals surface area contributed by atoms with Crippen LogP contribution in [0.1, 0.15) is 19.4 Å². The van der Waals surface area contributed by atoms with Gasteiger partial charge in [0.25, 0.3) is 0 Å². The first kappa shape index (κ1) is 23.6. The van der Waals surface area contributed by atoms with E-state index in [1.165, 1.54) is 6.07 Å². The van der Waals surface area contributed by atoms with E-state index in [-0.39, 0.29) is 23.4 Å². The van der Waals surface area contributed by atoms with Gasteiger partial charge in [0.05, 0.1) is 9.79 Å². The second-order valence-corrected chi connectivity index (χ2v) is 10.6. The van der Waals surface area contributed by atoms with E-state index in [1.54, 1.807) is 17.0 Å². The number of halogens is 1. The number of rotatable bonds is 7. The number of aliphatic imine (C=N–C) groups is 2. The molecular formula is C19H23FN6O4S2. The molecule has 5 N–H and O–H groups in total. The van der Waals surface area contributed by atoms with Gasteiger partial charge in [-0.3, -0.25) is 4.90 Å². The number of nitrogens with zero attached hydrogens (tertiary/aromatic N) is 3. The van der Waals surface area contributed by atoms with Gasteiger partial charge in [0.2, 0.25) is 21.9 Å². The second kappa shape index (κ2) is 8.48. The number of anilines is 1. The predicted molar refractivity (Wildman–Crippen MR) is 120 cm³/mol. The van der Waals surface area contributed by atoms with Crippen LogP contribution < -0.4 is 21.1 Å². The number of hydrogen-bond donors (Lipinski definition) is 3. The van der Waals surface area contributed by atoms with Gasteiger partial charge in [-0.1, -0.05) is 18.2 Å². The predicted octanol–water partition coefficient (Wildman–Crippen LogP) is 1.05. The van der Waals surface area contributed by atoms with Gasteiger partial charge >= 0.3 is 10.2 Å². The molecule has 1 aliphatic rings. The van der Waals surface area contributed by atoms with Gasteiger partial charge in [0.1, 0.15) is 5.66 Å². The maximum atomic E-state index is 13.1. The zero-order chi connectivity index (χ0) is 23.7. The molecule has 0 unspecified atom stereocenters. The Bertz CT molecular complexity index is 1290. The summed E-state index contributed by atoms with van der Waals surface area (Å²) < 4.78 is 62.4. The molecule has 0 saturated carbocycles. The van der Waals surface area contributed by atoms with Crippen LogP contribution >= 0.6 is 0 Å². The SMILES string of the molecule is CC1(C)N=C(N)N=C(N)N1c1ccc(CCNS(=O)(=O)c2cccc(S(=O)(=O)F)c2)cc1. The quantitative estimate of drug-likeness (QED) is 0.497. The number of nitrogens with one attached hydrogen (secondary N) is 1. The molecule has 0 bridgehead atoms. The van der Waals surface area contributed by atoms with E-state index in [4.69, 9.17) is 11.5 Å². The summed E-state index contributed by atoms with van der Waals surface area (Å²) in [5, 5.41) is 0. The lowest BCUT2D eigenvalue weighted by Crippen LogP contribution is -2.54. The Morgan fingerprint density at radius 2 is 1.66 bits per heavy atom. The van der Waals surface area contributed by atoms with E-state index < -0.39 is 30.8 Å². The van der Waals surface area contributed by atoms with Crippen LogP contribution in [0, 0.1) is 0 Å². The first-order chi connectivity index (χ1) is 14.8. The maximum absolute atomic E-state index is 13.1. The van der Waals surface area contributed by atoms with Gasteiger partial charge in [0, 0.05) is 12.2 Å². The lowest BCUT2D eigenvalue weighted by Gasteiger charge is -2.38. The summed E-state index contributed by atoms with van der Waals surface area (Å²) in [7, 11) is -9.02. The monoisotopic (exact) mass is 482 g/mol. The molecule has 0 aliphatic carbocycles. The van der Waals surface area contributed by atoms with Crippen molar-refractivity contribution in [2.45, 2.75) is 35.7 Å². The molecule has 1 heterocycles. The minimum atomic E-state index is -5.01. The fourth-order valence-electron chi connectivity index (χ4n) is 3.27. The molecule has 32 heavy (non-hydrogen) atoms. The van der Waals surface area contributed by atoms with E-state index >= 15 is 0 Å². The summed E-state index contributed by atoms with van der Waals surface area (Å²) in [4.78, 5) is 8.95. The highest BCUT2D eigenvalue weighted by atomic mass is 32.3. The van der Waals surface area contributed by atoms with Crippen molar-refractivity contribution in [1.29, 1.82) is 0 Å². The average molecular weight is 483 g/mol. The van der Waals surface area contributed by atoms with Crippen LogP contribution in [0.2, 0.25) is 0 Å². The molecule has 13 heteroatoms. The fourth-order valence-corrected chi connectivity index (χ4v) is 4.93. The molecule has 1 aliphatic heterocycles. The van der Waals surface area contributed by atoms with Gasteiger partial charge in [-0.25, -0.2) is 18.1 Å². The van der Waals surface area contributed by atoms with E-state index in [2.05, 4.69) is 14.7 Å². The number of guanidine groups is 2. The first-order valence-electron chi connectivity index (χ1n) is 9.43. The van der Waals surface area contributed by atoms with Crippen molar-refractivity contribution in [2.24, 2.45) is 21.5 Å². The largest absolute Gasteiger partial charge is 0.369 e. The standard InChI is InChI=1S/C19H23FN6O4S2/c1-19(2)25-17(21)24-18(22)26(19)14-8-6-13(7-9-14)10-11-23-32(29,30)16-5-3-4-15(12-16)31(20,27)28/h3-9,12,23H,10-11H2,1-2H3,(H4,21,22,24,25). The lowest BCUT2D eigenvalue weighted by atomic mass is 10.1. The van der Waals surface area contributed by atoms with Gasteiger partial charge in [0.15, 0.2) is 0 Å². The maximum Gasteiger partial charge on any atom is 0.332 e. The Hall–Kier alpha value is -3.03. The van der Waals surface area contributed by atoms with Gasteiger partial charge in [-0.2, -0.15) is 13.4 Å². The van der Waals surface area contributed by atoms with E-state index in [0.717, 1.165) is 29.4 Å². The summed E-state index contributed by atoms with van der Waals surface area (Å²) in [6, 6.07) is 11.3. The third kappa shape index (κ3) is 5.23. The minimum absolute atomic E-state index is 0.0495. The molecule has 172 valence electrons. The van der Waals surface area contributed by atoms with Crippen LogP contribution in [0.3, 0.4) is 0 Å². The summed E-state index contributed by atoms with van der Waals surface area (Å²) >= 11 is 0. The molecule has 2 aromatic carbocycles. The van der Waals surface area contributed by atoms with Gasteiger partial charge in [-0.05, 0) is 56.2 Å². The van der Waals surface area contributed by atoms with Crippen molar-refractivity contribution < 1.29 is 20.7 Å². The van der Waals surface area contributed by atoms with Crippen molar-refractivity contribution in [3.05, 3.63) is 54.1 Å². The van der Waals surface area contributed by atoms with Gasteiger partial charge < -0.3 is 11.5 Å². The van der Waals surface area contributed by atoms with Crippen molar-refractivity contribution in [3.63, 3.8) is 0 Å². The molecule has 0 amide bonds. The van der Waals surface area contributed by atoms with Crippen molar-refractivity contribution in [3.8, 4) is 0 Å². The zero-order valence-electron chi connectivity index (χ0n) is 17.4. The highest BCUT2D eigenvalue weighted by Crippen LogP contribution is 2.27. The molecule has 0 spiro atoms. The Labute approximate surface area is 186 Å². The van der Waals surface area contributed by atoms with Crippen LogP contribution in [0.4, 0.5) is 9.57 Å². The van der Waals surface area contributed by atoms with E-state index in [9.17, 15) is 20.7 Å². The van der Waals surface area contributed by atoms with Crippen LogP contribution in [0.5, 0.6) is 0 Å². The number of benzene rings is 2. The molecule has 0 radical (unpaired) electrons. The van der Waals surface area contributed by atoms with Crippen molar-refractivity contribution in [2.75, 3.05) is 11.4 Å². The molecular weight excluding hydrogens is 459 g/mol. The summed E-state index contributed by atoms with van der Waals surface area (Å²) in [6.07, 6.45) is 0.360. The molecule has 2 aromatic rings. The third-order valence-corrected chi connectivity index (χ3v) is 6.97. The summed E-state index contributed by atoms with van der Waals surface area (Å²) in [5.41, 5.74) is 12.5. The van der Waals surface area contributed by atoms with Crippen molar-refractivity contribution in [1.82, 2.24) is 4.72 Å². The van der Waals surface area contributed by atoms with Crippen molar-refractivity contribution >= 4 is 37.9 Å².